The lowest BCUT2D eigenvalue weighted by Gasteiger charge is -2.11. The molecular weight excluding hydrogens is 284 g/mol. The van der Waals surface area contributed by atoms with Crippen molar-refractivity contribution in [3.63, 3.8) is 0 Å². The summed E-state index contributed by atoms with van der Waals surface area (Å²) in [4.78, 5) is 16.2. The molecule has 19 heavy (non-hydrogen) atoms. The minimum Gasteiger partial charge on any atom is -0.379 e. The molecule has 1 N–H and O–H groups in total. The maximum Gasteiger partial charge on any atom is 0.254 e. The molecule has 1 aromatic rings. The SMILES string of the molecule is CCOCCO[C@H](C)C(=O)Nc1nc(C)c(SC)s1. The number of nitrogens with zero attached hydrogens (tertiary/aromatic N) is 1. The summed E-state index contributed by atoms with van der Waals surface area (Å²) in [6, 6.07) is 0. The normalized spacial score (nSPS) is 12.4. The maximum absolute atomic E-state index is 11.9. The molecule has 5 nitrogen and oxygen atoms in total. The summed E-state index contributed by atoms with van der Waals surface area (Å²) in [6.07, 6.45) is 1.48. The van der Waals surface area contributed by atoms with Crippen LogP contribution in [0.3, 0.4) is 0 Å². The largest absolute Gasteiger partial charge is 0.379 e. The highest BCUT2D eigenvalue weighted by atomic mass is 32.2. The molecule has 1 aromatic heterocycles. The average Bonchev–Trinajstić information content (AvgIpc) is 2.74. The molecule has 0 unspecified atom stereocenters. The van der Waals surface area contributed by atoms with Gasteiger partial charge in [-0.15, -0.1) is 11.8 Å². The van der Waals surface area contributed by atoms with Gasteiger partial charge in [0.05, 0.1) is 23.1 Å². The van der Waals surface area contributed by atoms with E-state index in [0.29, 0.717) is 25.0 Å². The molecule has 0 bridgehead atoms. The third-order valence-corrected chi connectivity index (χ3v) is 4.62. The molecule has 0 saturated carbocycles. The molecule has 0 aliphatic carbocycles. The van der Waals surface area contributed by atoms with Crippen molar-refractivity contribution in [2.45, 2.75) is 31.1 Å². The van der Waals surface area contributed by atoms with Crippen LogP contribution in [0.15, 0.2) is 4.21 Å². The fraction of sp³-hybridized carbons (Fsp3) is 0.667. The number of thiazole rings is 1. The summed E-state index contributed by atoms with van der Waals surface area (Å²) < 4.78 is 11.6. The number of aryl methyl sites for hydroxylation is 1. The number of hydrogen-bond donors (Lipinski definition) is 1. The van der Waals surface area contributed by atoms with Crippen LogP contribution in [-0.4, -0.2) is 43.1 Å². The average molecular weight is 304 g/mol. The Bertz CT molecular complexity index is 410. The van der Waals surface area contributed by atoms with Crippen molar-refractivity contribution in [2.24, 2.45) is 0 Å². The first-order chi connectivity index (χ1) is 9.08. The zero-order chi connectivity index (χ0) is 14.3. The van der Waals surface area contributed by atoms with Gasteiger partial charge in [-0.1, -0.05) is 11.3 Å². The first kappa shape index (κ1) is 16.4. The van der Waals surface area contributed by atoms with E-state index in [-0.39, 0.29) is 5.91 Å². The molecular formula is C12H20N2O3S2. The molecule has 1 heterocycles. The Labute approximate surface area is 122 Å². The van der Waals surface area contributed by atoms with Gasteiger partial charge >= 0.3 is 0 Å². The van der Waals surface area contributed by atoms with E-state index >= 15 is 0 Å². The first-order valence-electron chi connectivity index (χ1n) is 6.10. The Morgan fingerprint density at radius 1 is 1.53 bits per heavy atom. The van der Waals surface area contributed by atoms with E-state index in [4.69, 9.17) is 9.47 Å². The smallest absolute Gasteiger partial charge is 0.254 e. The van der Waals surface area contributed by atoms with E-state index in [0.717, 1.165) is 9.90 Å². The number of nitrogens with one attached hydrogen (secondary N) is 1. The molecule has 0 aromatic carbocycles. The van der Waals surface area contributed by atoms with Gasteiger partial charge in [0.15, 0.2) is 5.13 Å². The van der Waals surface area contributed by atoms with E-state index in [1.54, 1.807) is 18.7 Å². The number of carbonyl (C=O) groups excluding carboxylic acids is 1. The van der Waals surface area contributed by atoms with Crippen LogP contribution in [0.1, 0.15) is 19.5 Å². The van der Waals surface area contributed by atoms with Crippen LogP contribution < -0.4 is 5.32 Å². The van der Waals surface area contributed by atoms with Crippen LogP contribution in [0.5, 0.6) is 0 Å². The van der Waals surface area contributed by atoms with E-state index in [1.807, 2.05) is 20.1 Å². The van der Waals surface area contributed by atoms with Gasteiger partial charge in [-0.25, -0.2) is 4.98 Å². The third kappa shape index (κ3) is 5.48. The Hall–Kier alpha value is -0.630. The van der Waals surface area contributed by atoms with Gasteiger partial charge < -0.3 is 9.47 Å². The van der Waals surface area contributed by atoms with Crippen LogP contribution in [0.25, 0.3) is 0 Å². The molecule has 7 heteroatoms. The zero-order valence-electron chi connectivity index (χ0n) is 11.7. The number of aromatic nitrogens is 1. The summed E-state index contributed by atoms with van der Waals surface area (Å²) in [5, 5.41) is 3.39. The van der Waals surface area contributed by atoms with Gasteiger partial charge in [-0.2, -0.15) is 0 Å². The second-order valence-corrected chi connectivity index (χ2v) is 5.87. The van der Waals surface area contributed by atoms with E-state index < -0.39 is 6.10 Å². The molecule has 0 aliphatic heterocycles. The van der Waals surface area contributed by atoms with Crippen molar-refractivity contribution in [3.05, 3.63) is 5.69 Å². The summed E-state index contributed by atoms with van der Waals surface area (Å²) >= 11 is 3.10. The molecule has 0 aliphatic rings. The molecule has 0 fully saturated rings. The van der Waals surface area contributed by atoms with Crippen LogP contribution in [0, 0.1) is 6.92 Å². The molecule has 108 valence electrons. The lowest BCUT2D eigenvalue weighted by molar-refractivity contribution is -0.127. The molecule has 1 rings (SSSR count). The number of thioether (sulfide) groups is 1. The highest BCUT2D eigenvalue weighted by Gasteiger charge is 2.16. The van der Waals surface area contributed by atoms with Gasteiger partial charge in [-0.05, 0) is 27.0 Å². The van der Waals surface area contributed by atoms with Crippen LogP contribution in [-0.2, 0) is 14.3 Å². The summed E-state index contributed by atoms with van der Waals surface area (Å²) in [5.41, 5.74) is 0.942. The van der Waals surface area contributed by atoms with E-state index in [9.17, 15) is 4.79 Å². The number of anilines is 1. The van der Waals surface area contributed by atoms with Gasteiger partial charge in [0.25, 0.3) is 5.91 Å². The van der Waals surface area contributed by atoms with Crippen molar-refractivity contribution < 1.29 is 14.3 Å². The fourth-order valence-corrected chi connectivity index (χ4v) is 2.95. The molecule has 0 saturated heterocycles. The number of ether oxygens (including phenoxy) is 2. The van der Waals surface area contributed by atoms with Crippen molar-refractivity contribution >= 4 is 34.1 Å². The van der Waals surface area contributed by atoms with Crippen molar-refractivity contribution in [1.29, 1.82) is 0 Å². The van der Waals surface area contributed by atoms with Gasteiger partial charge in [-0.3, -0.25) is 10.1 Å². The molecule has 0 spiro atoms. The Kier molecular flexibility index (Phi) is 7.37. The van der Waals surface area contributed by atoms with E-state index in [1.165, 1.54) is 11.3 Å². The van der Waals surface area contributed by atoms with Crippen LogP contribution >= 0.6 is 23.1 Å². The summed E-state index contributed by atoms with van der Waals surface area (Å²) in [5.74, 6) is -0.182. The number of hydrogen-bond acceptors (Lipinski definition) is 6. The molecule has 1 atom stereocenters. The maximum atomic E-state index is 11.9. The Morgan fingerprint density at radius 2 is 2.26 bits per heavy atom. The molecule has 0 radical (unpaired) electrons. The quantitative estimate of drug-likeness (QED) is 0.591. The van der Waals surface area contributed by atoms with Gasteiger partial charge in [0.1, 0.15) is 6.10 Å². The summed E-state index contributed by atoms with van der Waals surface area (Å²) in [7, 11) is 0. The van der Waals surface area contributed by atoms with Crippen LogP contribution in [0.2, 0.25) is 0 Å². The Balaban J connectivity index is 2.40. The monoisotopic (exact) mass is 304 g/mol. The lowest BCUT2D eigenvalue weighted by Crippen LogP contribution is -2.28. The van der Waals surface area contributed by atoms with Crippen molar-refractivity contribution in [3.8, 4) is 0 Å². The lowest BCUT2D eigenvalue weighted by atomic mass is 10.4. The van der Waals surface area contributed by atoms with Gasteiger partial charge in [0.2, 0.25) is 0 Å². The molecule has 1 amide bonds. The summed E-state index contributed by atoms with van der Waals surface area (Å²) in [6.45, 7) is 7.14. The van der Waals surface area contributed by atoms with E-state index in [2.05, 4.69) is 10.3 Å². The minimum atomic E-state index is -0.512. The predicted molar refractivity (Wildman–Crippen MR) is 79.2 cm³/mol. The standard InChI is InChI=1S/C12H20N2O3S2/c1-5-16-6-7-17-9(3)10(15)14-12-13-8(2)11(18-4)19-12/h9H,5-7H2,1-4H3,(H,13,14,15)/t9-/m1/s1. The predicted octanol–water partition coefficient (Wildman–Crippen LogP) is 2.55. The fourth-order valence-electron chi connectivity index (χ4n) is 1.34. The number of amides is 1. The van der Waals surface area contributed by atoms with Gasteiger partial charge in [0, 0.05) is 6.61 Å². The second kappa shape index (κ2) is 8.52. The minimum absolute atomic E-state index is 0.182. The van der Waals surface area contributed by atoms with Crippen molar-refractivity contribution in [2.75, 3.05) is 31.4 Å². The van der Waals surface area contributed by atoms with Crippen LogP contribution in [0.4, 0.5) is 5.13 Å². The first-order valence-corrected chi connectivity index (χ1v) is 8.14. The Morgan fingerprint density at radius 3 is 2.84 bits per heavy atom. The topological polar surface area (TPSA) is 60.5 Å². The number of rotatable bonds is 8. The highest BCUT2D eigenvalue weighted by molar-refractivity contribution is 8.00. The highest BCUT2D eigenvalue weighted by Crippen LogP contribution is 2.30. The second-order valence-electron chi connectivity index (χ2n) is 3.80. The van der Waals surface area contributed by atoms with Crippen molar-refractivity contribution in [1.82, 2.24) is 4.98 Å². The third-order valence-electron chi connectivity index (χ3n) is 2.34. The zero-order valence-corrected chi connectivity index (χ0v) is 13.3. The number of carbonyl (C=O) groups is 1.